The van der Waals surface area contributed by atoms with Crippen molar-refractivity contribution in [3.05, 3.63) is 80.7 Å². The molecule has 0 spiro atoms. The van der Waals surface area contributed by atoms with Crippen LogP contribution in [-0.2, 0) is 17.8 Å². The summed E-state index contributed by atoms with van der Waals surface area (Å²) in [4.78, 5) is 29.5. The van der Waals surface area contributed by atoms with Gasteiger partial charge in [0.05, 0.1) is 5.52 Å². The number of hydrogen-bond acceptors (Lipinski definition) is 5. The molecule has 0 radical (unpaired) electrons. The summed E-state index contributed by atoms with van der Waals surface area (Å²) in [6.45, 7) is -0.144. The second-order valence-electron chi connectivity index (χ2n) is 5.87. The van der Waals surface area contributed by atoms with Gasteiger partial charge in [-0.1, -0.05) is 41.9 Å². The fraction of sp³-hybridized carbons (Fsp3) is 0.105. The number of benzene rings is 2. The van der Waals surface area contributed by atoms with Crippen molar-refractivity contribution in [2.75, 3.05) is 5.32 Å². The lowest BCUT2D eigenvalue weighted by molar-refractivity contribution is -0.116. The normalized spacial score (nSPS) is 11.0. The Morgan fingerprint density at radius 1 is 1.19 bits per heavy atom. The number of para-hydroxylation sites is 2. The second-order valence-corrected chi connectivity index (χ2v) is 7.39. The molecule has 0 bridgehead atoms. The molecule has 27 heavy (non-hydrogen) atoms. The van der Waals surface area contributed by atoms with Gasteiger partial charge in [-0.3, -0.25) is 9.36 Å². The minimum Gasteiger partial charge on any atom is -0.408 e. The number of aromatic nitrogens is 2. The van der Waals surface area contributed by atoms with Crippen LogP contribution in [0.5, 0.6) is 0 Å². The first kappa shape index (κ1) is 17.5. The number of rotatable bonds is 5. The van der Waals surface area contributed by atoms with Gasteiger partial charge in [-0.25, -0.2) is 9.78 Å². The third kappa shape index (κ3) is 3.79. The van der Waals surface area contributed by atoms with Gasteiger partial charge in [0.2, 0.25) is 5.91 Å². The number of carbonyl (C=O) groups excluding carboxylic acids is 1. The second kappa shape index (κ2) is 7.38. The predicted molar refractivity (Wildman–Crippen MR) is 105 cm³/mol. The van der Waals surface area contributed by atoms with Crippen molar-refractivity contribution >= 4 is 45.1 Å². The molecular formula is C19H14ClN3O3S. The van der Waals surface area contributed by atoms with Crippen LogP contribution in [0.1, 0.15) is 10.4 Å². The summed E-state index contributed by atoms with van der Waals surface area (Å²) in [5, 5.41) is 3.90. The summed E-state index contributed by atoms with van der Waals surface area (Å²) in [7, 11) is 0. The lowest BCUT2D eigenvalue weighted by Gasteiger charge is -2.03. The molecule has 6 nitrogen and oxygen atoms in total. The third-order valence-corrected chi connectivity index (χ3v) is 5.28. The van der Waals surface area contributed by atoms with E-state index in [9.17, 15) is 9.59 Å². The van der Waals surface area contributed by atoms with Gasteiger partial charge in [-0.2, -0.15) is 0 Å². The van der Waals surface area contributed by atoms with Crippen LogP contribution in [0.25, 0.3) is 11.1 Å². The Bertz CT molecular complexity index is 1180. The van der Waals surface area contributed by atoms with Gasteiger partial charge in [0, 0.05) is 22.5 Å². The lowest BCUT2D eigenvalue weighted by atomic mass is 10.1. The quantitative estimate of drug-likeness (QED) is 0.551. The Morgan fingerprint density at radius 2 is 1.96 bits per heavy atom. The van der Waals surface area contributed by atoms with Crippen LogP contribution in [0.2, 0.25) is 5.02 Å². The largest absolute Gasteiger partial charge is 0.420 e. The number of oxazole rings is 1. The first-order valence-corrected chi connectivity index (χ1v) is 9.36. The van der Waals surface area contributed by atoms with Gasteiger partial charge < -0.3 is 9.73 Å². The summed E-state index contributed by atoms with van der Waals surface area (Å²) >= 11 is 7.55. The molecule has 0 saturated heterocycles. The molecule has 1 N–H and O–H groups in total. The van der Waals surface area contributed by atoms with E-state index in [0.717, 1.165) is 10.4 Å². The molecule has 2 heterocycles. The van der Waals surface area contributed by atoms with E-state index in [1.807, 2.05) is 24.3 Å². The zero-order valence-electron chi connectivity index (χ0n) is 14.0. The van der Waals surface area contributed by atoms with Crippen LogP contribution in [0.3, 0.4) is 0 Å². The van der Waals surface area contributed by atoms with E-state index in [-0.39, 0.29) is 12.5 Å². The van der Waals surface area contributed by atoms with E-state index in [4.69, 9.17) is 16.0 Å². The molecule has 0 aliphatic carbocycles. The van der Waals surface area contributed by atoms with Gasteiger partial charge in [0.15, 0.2) is 10.7 Å². The molecule has 0 unspecified atom stereocenters. The monoisotopic (exact) mass is 399 g/mol. The maximum atomic E-state index is 12.3. The Morgan fingerprint density at radius 3 is 2.81 bits per heavy atom. The topological polar surface area (TPSA) is 77.1 Å². The van der Waals surface area contributed by atoms with Crippen molar-refractivity contribution in [1.29, 1.82) is 0 Å². The zero-order valence-corrected chi connectivity index (χ0v) is 15.6. The summed E-state index contributed by atoms with van der Waals surface area (Å²) < 4.78 is 6.43. The van der Waals surface area contributed by atoms with E-state index in [0.29, 0.717) is 27.7 Å². The van der Waals surface area contributed by atoms with Crippen molar-refractivity contribution < 1.29 is 9.21 Å². The standard InChI is InChI=1S/C19H14ClN3O3S/c20-14-6-2-1-5-12(14)9-13-10-21-18(27-13)22-17(24)11-23-15-7-3-4-8-16(15)26-19(23)25/h1-8,10H,9,11H2,(H,21,22,24). The minimum absolute atomic E-state index is 0.144. The van der Waals surface area contributed by atoms with Crippen molar-refractivity contribution in [2.24, 2.45) is 0 Å². The van der Waals surface area contributed by atoms with E-state index in [2.05, 4.69) is 10.3 Å². The van der Waals surface area contributed by atoms with E-state index >= 15 is 0 Å². The Balaban J connectivity index is 1.46. The highest BCUT2D eigenvalue weighted by Crippen LogP contribution is 2.24. The molecule has 8 heteroatoms. The molecule has 2 aromatic carbocycles. The van der Waals surface area contributed by atoms with Crippen molar-refractivity contribution in [3.63, 3.8) is 0 Å². The van der Waals surface area contributed by atoms with Crippen LogP contribution in [0, 0.1) is 0 Å². The highest BCUT2D eigenvalue weighted by Gasteiger charge is 2.14. The Hall–Kier alpha value is -2.90. The fourth-order valence-electron chi connectivity index (χ4n) is 2.74. The van der Waals surface area contributed by atoms with E-state index in [1.165, 1.54) is 15.9 Å². The molecule has 0 fully saturated rings. The van der Waals surface area contributed by atoms with Gasteiger partial charge in [-0.15, -0.1) is 11.3 Å². The first-order valence-electron chi connectivity index (χ1n) is 8.16. The molecule has 136 valence electrons. The molecule has 0 atom stereocenters. The highest BCUT2D eigenvalue weighted by molar-refractivity contribution is 7.15. The van der Waals surface area contributed by atoms with E-state index in [1.54, 1.807) is 30.5 Å². The molecule has 4 aromatic rings. The predicted octanol–water partition coefficient (Wildman–Crippen LogP) is 3.93. The summed E-state index contributed by atoms with van der Waals surface area (Å²) in [6, 6.07) is 14.6. The van der Waals surface area contributed by atoms with Crippen molar-refractivity contribution in [3.8, 4) is 0 Å². The maximum absolute atomic E-state index is 12.3. The number of halogens is 1. The number of hydrogen-bond donors (Lipinski definition) is 1. The molecule has 4 rings (SSSR count). The van der Waals surface area contributed by atoms with Crippen LogP contribution in [0.15, 0.2) is 63.9 Å². The van der Waals surface area contributed by atoms with Crippen LogP contribution in [0.4, 0.5) is 5.13 Å². The van der Waals surface area contributed by atoms with E-state index < -0.39 is 5.76 Å². The zero-order chi connectivity index (χ0) is 18.8. The molecule has 1 amide bonds. The van der Waals surface area contributed by atoms with Crippen LogP contribution in [-0.4, -0.2) is 15.5 Å². The number of thiazole rings is 1. The number of amides is 1. The minimum atomic E-state index is -0.565. The fourth-order valence-corrected chi connectivity index (χ4v) is 3.80. The number of nitrogens with zero attached hydrogens (tertiary/aromatic N) is 2. The SMILES string of the molecule is O=C(Cn1c(=O)oc2ccccc21)Nc1ncc(Cc2ccccc2Cl)s1. The maximum Gasteiger partial charge on any atom is 0.420 e. The average molecular weight is 400 g/mol. The molecule has 0 saturated carbocycles. The Kier molecular flexibility index (Phi) is 4.79. The molecule has 0 aliphatic rings. The highest BCUT2D eigenvalue weighted by atomic mass is 35.5. The Labute approximate surface area is 163 Å². The van der Waals surface area contributed by atoms with Gasteiger partial charge >= 0.3 is 5.76 Å². The number of fused-ring (bicyclic) bond motifs is 1. The summed E-state index contributed by atoms with van der Waals surface area (Å²) in [5.74, 6) is -0.910. The van der Waals surface area contributed by atoms with Gasteiger partial charge in [0.1, 0.15) is 6.54 Å². The lowest BCUT2D eigenvalue weighted by Crippen LogP contribution is -2.24. The number of anilines is 1. The van der Waals surface area contributed by atoms with Crippen molar-refractivity contribution in [2.45, 2.75) is 13.0 Å². The molecular weight excluding hydrogens is 386 g/mol. The molecule has 2 aromatic heterocycles. The third-order valence-electron chi connectivity index (χ3n) is 4.00. The van der Waals surface area contributed by atoms with Crippen LogP contribution >= 0.6 is 22.9 Å². The van der Waals surface area contributed by atoms with Crippen molar-refractivity contribution in [1.82, 2.24) is 9.55 Å². The summed E-state index contributed by atoms with van der Waals surface area (Å²) in [5.41, 5.74) is 2.03. The number of nitrogens with one attached hydrogen (secondary N) is 1. The van der Waals surface area contributed by atoms with Gasteiger partial charge in [-0.05, 0) is 23.8 Å². The van der Waals surface area contributed by atoms with Crippen LogP contribution < -0.4 is 11.1 Å². The van der Waals surface area contributed by atoms with Gasteiger partial charge in [0.25, 0.3) is 0 Å². The molecule has 0 aliphatic heterocycles. The number of carbonyl (C=O) groups is 1. The first-order chi connectivity index (χ1) is 13.1. The smallest absolute Gasteiger partial charge is 0.408 e. The summed E-state index contributed by atoms with van der Waals surface area (Å²) in [6.07, 6.45) is 2.35. The average Bonchev–Trinajstić information content (AvgIpc) is 3.21.